The number of nitrogens with zero attached hydrogens (tertiary/aromatic N) is 4. The third-order valence-corrected chi connectivity index (χ3v) is 5.84. The van der Waals surface area contributed by atoms with Gasteiger partial charge in [0, 0.05) is 13.7 Å². The predicted molar refractivity (Wildman–Crippen MR) is 102 cm³/mol. The highest BCUT2D eigenvalue weighted by atomic mass is 32.1. The number of nitrogens with one attached hydrogen (secondary N) is 1. The molecule has 0 unspecified atom stereocenters. The Balaban J connectivity index is 1.89. The fourth-order valence-electron chi connectivity index (χ4n) is 2.50. The van der Waals surface area contributed by atoms with Gasteiger partial charge in [-0.2, -0.15) is 0 Å². The molecule has 1 N–H and O–H groups in total. The smallest absolute Gasteiger partial charge is 0.267 e. The Morgan fingerprint density at radius 3 is 2.88 bits per heavy atom. The third-order valence-electron chi connectivity index (χ3n) is 3.83. The molecular formula is C16H19N5O3S2. The van der Waals surface area contributed by atoms with E-state index in [-0.39, 0.29) is 11.5 Å². The SMILES string of the molecule is CCCCn1cnc2sc(C(=O)Nc3nnc(COC)s3)c(C)c2c1=O. The second-order valence-corrected chi connectivity index (χ2v) is 7.78. The van der Waals surface area contributed by atoms with Crippen molar-refractivity contribution in [1.29, 1.82) is 0 Å². The number of methoxy groups -OCH3 is 1. The minimum Gasteiger partial charge on any atom is -0.377 e. The van der Waals surface area contributed by atoms with Crippen LogP contribution in [0.25, 0.3) is 10.2 Å². The molecule has 0 saturated heterocycles. The number of amides is 1. The summed E-state index contributed by atoms with van der Waals surface area (Å²) >= 11 is 2.46. The average Bonchev–Trinajstić information content (AvgIpc) is 3.19. The Kier molecular flexibility index (Phi) is 5.74. The van der Waals surface area contributed by atoms with Gasteiger partial charge in [-0.05, 0) is 18.9 Å². The molecule has 8 nitrogen and oxygen atoms in total. The van der Waals surface area contributed by atoms with Crippen LogP contribution in [0.1, 0.15) is 40.0 Å². The number of unbranched alkanes of at least 4 members (excludes halogenated alkanes) is 1. The Morgan fingerprint density at radius 1 is 1.35 bits per heavy atom. The molecule has 3 heterocycles. The summed E-state index contributed by atoms with van der Waals surface area (Å²) in [6.07, 6.45) is 3.46. The quantitative estimate of drug-likeness (QED) is 0.663. The van der Waals surface area contributed by atoms with E-state index >= 15 is 0 Å². The van der Waals surface area contributed by atoms with Crippen molar-refractivity contribution in [3.8, 4) is 0 Å². The lowest BCUT2D eigenvalue weighted by molar-refractivity contribution is 0.103. The van der Waals surface area contributed by atoms with E-state index in [9.17, 15) is 9.59 Å². The first-order valence-corrected chi connectivity index (χ1v) is 9.79. The van der Waals surface area contributed by atoms with Crippen molar-refractivity contribution in [1.82, 2.24) is 19.7 Å². The van der Waals surface area contributed by atoms with E-state index < -0.39 is 0 Å². The van der Waals surface area contributed by atoms with E-state index in [1.165, 1.54) is 22.7 Å². The number of hydrogen-bond donors (Lipinski definition) is 1. The number of ether oxygens (including phenoxy) is 1. The highest BCUT2D eigenvalue weighted by Crippen LogP contribution is 2.28. The molecule has 0 aliphatic carbocycles. The maximum Gasteiger partial charge on any atom is 0.267 e. The van der Waals surface area contributed by atoms with Gasteiger partial charge in [-0.15, -0.1) is 21.5 Å². The Morgan fingerprint density at radius 2 is 2.15 bits per heavy atom. The number of anilines is 1. The Hall–Kier alpha value is -2.17. The lowest BCUT2D eigenvalue weighted by atomic mass is 10.2. The molecule has 138 valence electrons. The van der Waals surface area contributed by atoms with Gasteiger partial charge < -0.3 is 4.74 Å². The van der Waals surface area contributed by atoms with Crippen molar-refractivity contribution >= 4 is 43.9 Å². The second kappa shape index (κ2) is 8.02. The fourth-order valence-corrected chi connectivity index (χ4v) is 4.24. The normalized spacial score (nSPS) is 11.2. The molecule has 3 aromatic heterocycles. The number of hydrogen-bond acceptors (Lipinski definition) is 8. The van der Waals surface area contributed by atoms with Gasteiger partial charge in [0.2, 0.25) is 5.13 Å². The standard InChI is InChI=1S/C16H19N5O3S2/c1-4-5-6-21-8-17-14-11(15(21)23)9(2)12(26-14)13(22)18-16-20-19-10(25-16)7-24-3/h8H,4-7H2,1-3H3,(H,18,20,22). The number of aryl methyl sites for hydroxylation is 2. The minimum atomic E-state index is -0.315. The van der Waals surface area contributed by atoms with Crippen LogP contribution in [0, 0.1) is 6.92 Å². The van der Waals surface area contributed by atoms with Crippen molar-refractivity contribution in [2.45, 2.75) is 39.8 Å². The number of thiophene rings is 1. The summed E-state index contributed by atoms with van der Waals surface area (Å²) < 4.78 is 6.60. The number of carbonyl (C=O) groups excluding carboxylic acids is 1. The van der Waals surface area contributed by atoms with Gasteiger partial charge in [-0.3, -0.25) is 19.5 Å². The molecule has 1 amide bonds. The van der Waals surface area contributed by atoms with Gasteiger partial charge in [-0.25, -0.2) is 4.98 Å². The number of fused-ring (bicyclic) bond motifs is 1. The fraction of sp³-hybridized carbons (Fsp3) is 0.438. The van der Waals surface area contributed by atoms with Crippen LogP contribution in [-0.2, 0) is 17.9 Å². The minimum absolute atomic E-state index is 0.102. The summed E-state index contributed by atoms with van der Waals surface area (Å²) in [5.74, 6) is -0.315. The largest absolute Gasteiger partial charge is 0.377 e. The van der Waals surface area contributed by atoms with Crippen molar-refractivity contribution in [2.75, 3.05) is 12.4 Å². The first kappa shape index (κ1) is 18.6. The highest BCUT2D eigenvalue weighted by Gasteiger charge is 2.20. The summed E-state index contributed by atoms with van der Waals surface area (Å²) in [5, 5.41) is 12.2. The topological polar surface area (TPSA) is 99.0 Å². The van der Waals surface area contributed by atoms with Gasteiger partial charge in [0.1, 0.15) is 16.4 Å². The van der Waals surface area contributed by atoms with Crippen LogP contribution in [0.15, 0.2) is 11.1 Å². The van der Waals surface area contributed by atoms with Crippen LogP contribution >= 0.6 is 22.7 Å². The summed E-state index contributed by atoms with van der Waals surface area (Å²) in [4.78, 5) is 30.7. The molecule has 0 aromatic carbocycles. The second-order valence-electron chi connectivity index (χ2n) is 5.72. The first-order chi connectivity index (χ1) is 12.5. The lowest BCUT2D eigenvalue weighted by Gasteiger charge is -2.03. The van der Waals surface area contributed by atoms with E-state index in [1.54, 1.807) is 24.9 Å². The maximum atomic E-state index is 12.7. The van der Waals surface area contributed by atoms with Crippen LogP contribution in [0.4, 0.5) is 5.13 Å². The van der Waals surface area contributed by atoms with Gasteiger partial charge in [-0.1, -0.05) is 24.7 Å². The third kappa shape index (κ3) is 3.67. The monoisotopic (exact) mass is 393 g/mol. The summed E-state index contributed by atoms with van der Waals surface area (Å²) in [6, 6.07) is 0. The summed E-state index contributed by atoms with van der Waals surface area (Å²) in [7, 11) is 1.57. The molecule has 0 fully saturated rings. The molecular weight excluding hydrogens is 374 g/mol. The molecule has 10 heteroatoms. The zero-order chi connectivity index (χ0) is 18.7. The molecule has 0 atom stereocenters. The van der Waals surface area contributed by atoms with Crippen LogP contribution in [0.5, 0.6) is 0 Å². The number of carbonyl (C=O) groups is 1. The molecule has 0 bridgehead atoms. The van der Waals surface area contributed by atoms with Crippen molar-refractivity contribution < 1.29 is 9.53 Å². The van der Waals surface area contributed by atoms with Crippen LogP contribution in [0.2, 0.25) is 0 Å². The van der Waals surface area contributed by atoms with E-state index in [4.69, 9.17) is 4.74 Å². The van der Waals surface area contributed by atoms with E-state index in [0.29, 0.717) is 43.9 Å². The van der Waals surface area contributed by atoms with Gasteiger partial charge in [0.25, 0.3) is 11.5 Å². The molecule has 26 heavy (non-hydrogen) atoms. The first-order valence-electron chi connectivity index (χ1n) is 8.16. The van der Waals surface area contributed by atoms with Crippen LogP contribution in [-0.4, -0.2) is 32.8 Å². The Labute approximate surface area is 157 Å². The van der Waals surface area contributed by atoms with Crippen molar-refractivity contribution in [2.24, 2.45) is 0 Å². The summed E-state index contributed by atoms with van der Waals surface area (Å²) in [5.41, 5.74) is 0.544. The molecule has 3 aromatic rings. The lowest BCUT2D eigenvalue weighted by Crippen LogP contribution is -2.20. The molecule has 0 aliphatic heterocycles. The van der Waals surface area contributed by atoms with Crippen LogP contribution in [0.3, 0.4) is 0 Å². The number of rotatable bonds is 7. The predicted octanol–water partition coefficient (Wildman–Crippen LogP) is 2.82. The number of aromatic nitrogens is 4. The highest BCUT2D eigenvalue weighted by molar-refractivity contribution is 7.21. The van der Waals surface area contributed by atoms with Crippen molar-refractivity contribution in [3.63, 3.8) is 0 Å². The zero-order valence-electron chi connectivity index (χ0n) is 14.7. The zero-order valence-corrected chi connectivity index (χ0v) is 16.4. The van der Waals surface area contributed by atoms with Gasteiger partial charge in [0.05, 0.1) is 16.6 Å². The molecule has 0 saturated carbocycles. The maximum absolute atomic E-state index is 12.7. The summed E-state index contributed by atoms with van der Waals surface area (Å²) in [6.45, 7) is 4.82. The molecule has 0 aliphatic rings. The van der Waals surface area contributed by atoms with Crippen molar-refractivity contribution in [3.05, 3.63) is 32.1 Å². The Bertz CT molecular complexity index is 992. The van der Waals surface area contributed by atoms with Crippen LogP contribution < -0.4 is 10.9 Å². The average molecular weight is 393 g/mol. The van der Waals surface area contributed by atoms with E-state index in [2.05, 4.69) is 27.4 Å². The van der Waals surface area contributed by atoms with Gasteiger partial charge in [0.15, 0.2) is 0 Å². The molecule has 0 radical (unpaired) electrons. The van der Waals surface area contributed by atoms with E-state index in [0.717, 1.165) is 12.8 Å². The van der Waals surface area contributed by atoms with E-state index in [1.807, 2.05) is 0 Å². The molecule has 3 rings (SSSR count). The van der Waals surface area contributed by atoms with Gasteiger partial charge >= 0.3 is 0 Å². The molecule has 0 spiro atoms.